The zero-order chi connectivity index (χ0) is 12.9. The lowest BCUT2D eigenvalue weighted by molar-refractivity contribution is 0.576. The minimum atomic E-state index is -2.93. The average Bonchev–Trinajstić information content (AvgIpc) is 2.59. The van der Waals surface area contributed by atoms with E-state index in [1.165, 1.54) is 0 Å². The quantitative estimate of drug-likeness (QED) is 0.784. The van der Waals surface area contributed by atoms with Gasteiger partial charge in [-0.3, -0.25) is 4.68 Å². The average molecular weight is 259 g/mol. The fraction of sp³-hybridized carbons (Fsp3) is 0.727. The number of sulfone groups is 1. The van der Waals surface area contributed by atoms with Crippen LogP contribution < -0.4 is 5.32 Å². The van der Waals surface area contributed by atoms with Crippen molar-refractivity contribution in [3.8, 4) is 0 Å². The summed E-state index contributed by atoms with van der Waals surface area (Å²) in [4.78, 5) is 0. The molecule has 0 aliphatic carbocycles. The molecule has 1 heterocycles. The zero-order valence-electron chi connectivity index (χ0n) is 10.7. The Morgan fingerprint density at radius 2 is 2.12 bits per heavy atom. The summed E-state index contributed by atoms with van der Waals surface area (Å²) in [5.41, 5.74) is 2.14. The molecular weight excluding hydrogens is 238 g/mol. The number of hydrogen-bond donors (Lipinski definition) is 1. The van der Waals surface area contributed by atoms with Crippen LogP contribution in [0.2, 0.25) is 0 Å². The highest BCUT2D eigenvalue weighted by Crippen LogP contribution is 2.07. The molecular formula is C11H21N3O2S. The summed E-state index contributed by atoms with van der Waals surface area (Å²) in [5.74, 6) is 0.430. The molecule has 0 radical (unpaired) electrons. The van der Waals surface area contributed by atoms with Gasteiger partial charge in [-0.15, -0.1) is 0 Å². The van der Waals surface area contributed by atoms with E-state index in [4.69, 9.17) is 0 Å². The minimum absolute atomic E-state index is 0.169. The molecule has 0 bridgehead atoms. The second-order valence-electron chi connectivity index (χ2n) is 4.16. The Bertz CT molecular complexity index is 451. The van der Waals surface area contributed by atoms with Gasteiger partial charge in [-0.2, -0.15) is 5.10 Å². The van der Waals surface area contributed by atoms with Crippen molar-refractivity contribution in [2.45, 2.75) is 33.4 Å². The molecule has 0 aromatic carbocycles. The van der Waals surface area contributed by atoms with Crippen molar-refractivity contribution < 1.29 is 8.42 Å². The van der Waals surface area contributed by atoms with Crippen LogP contribution in [0.4, 0.5) is 0 Å². The van der Waals surface area contributed by atoms with E-state index in [-0.39, 0.29) is 11.5 Å². The van der Waals surface area contributed by atoms with Gasteiger partial charge in [0.25, 0.3) is 0 Å². The van der Waals surface area contributed by atoms with Gasteiger partial charge < -0.3 is 5.32 Å². The molecule has 0 aliphatic heterocycles. The summed E-state index contributed by atoms with van der Waals surface area (Å²) in [7, 11) is -1.05. The second-order valence-corrected chi connectivity index (χ2v) is 6.46. The predicted molar refractivity (Wildman–Crippen MR) is 68.7 cm³/mol. The summed E-state index contributed by atoms with van der Waals surface area (Å²) in [6.45, 7) is 5.04. The lowest BCUT2D eigenvalue weighted by Crippen LogP contribution is -2.17. The maximum absolute atomic E-state index is 11.6. The molecule has 5 nitrogen and oxygen atoms in total. The van der Waals surface area contributed by atoms with Crippen molar-refractivity contribution in [2.75, 3.05) is 18.6 Å². The van der Waals surface area contributed by atoms with E-state index in [9.17, 15) is 8.42 Å². The van der Waals surface area contributed by atoms with Gasteiger partial charge in [0.15, 0.2) is 9.84 Å². The third kappa shape index (κ3) is 4.12. The van der Waals surface area contributed by atoms with E-state index in [0.29, 0.717) is 13.0 Å². The number of rotatable bonds is 7. The van der Waals surface area contributed by atoms with Crippen molar-refractivity contribution in [2.24, 2.45) is 0 Å². The third-order valence-electron chi connectivity index (χ3n) is 2.70. The number of aromatic nitrogens is 2. The smallest absolute Gasteiger partial charge is 0.152 e. The van der Waals surface area contributed by atoms with Gasteiger partial charge in [0, 0.05) is 23.6 Å². The van der Waals surface area contributed by atoms with E-state index >= 15 is 0 Å². The third-order valence-corrected chi connectivity index (χ3v) is 4.54. The molecule has 1 aromatic rings. The van der Waals surface area contributed by atoms with Crippen LogP contribution in [-0.4, -0.2) is 36.8 Å². The highest BCUT2D eigenvalue weighted by Gasteiger charge is 2.11. The molecule has 0 saturated carbocycles. The summed E-state index contributed by atoms with van der Waals surface area (Å²) in [6, 6.07) is 0. The normalized spacial score (nSPS) is 11.9. The molecule has 1 rings (SSSR count). The van der Waals surface area contributed by atoms with Crippen molar-refractivity contribution in [3.05, 3.63) is 17.5 Å². The van der Waals surface area contributed by atoms with Gasteiger partial charge in [0.1, 0.15) is 0 Å². The van der Waals surface area contributed by atoms with Gasteiger partial charge in [-0.05, 0) is 20.4 Å². The van der Waals surface area contributed by atoms with Gasteiger partial charge in [-0.25, -0.2) is 8.42 Å². The first kappa shape index (κ1) is 14.2. The molecule has 1 aromatic heterocycles. The maximum atomic E-state index is 11.6. The number of hydrogen-bond acceptors (Lipinski definition) is 4. The molecule has 0 saturated heterocycles. The van der Waals surface area contributed by atoms with E-state index in [0.717, 1.165) is 17.8 Å². The van der Waals surface area contributed by atoms with Crippen LogP contribution in [0.25, 0.3) is 0 Å². The largest absolute Gasteiger partial charge is 0.316 e. The Labute approximate surface area is 103 Å². The van der Waals surface area contributed by atoms with Gasteiger partial charge in [-0.1, -0.05) is 6.92 Å². The van der Waals surface area contributed by atoms with E-state index in [1.54, 1.807) is 10.9 Å². The van der Waals surface area contributed by atoms with Crippen molar-refractivity contribution >= 4 is 9.84 Å². The summed E-state index contributed by atoms with van der Waals surface area (Å²) >= 11 is 0. The molecule has 17 heavy (non-hydrogen) atoms. The molecule has 0 aliphatic rings. The van der Waals surface area contributed by atoms with Crippen molar-refractivity contribution in [1.29, 1.82) is 0 Å². The van der Waals surface area contributed by atoms with Crippen LogP contribution in [0.5, 0.6) is 0 Å². The molecule has 6 heteroatoms. The Kier molecular flexibility index (Phi) is 5.14. The lowest BCUT2D eigenvalue weighted by atomic mass is 10.2. The molecule has 0 amide bonds. The summed E-state index contributed by atoms with van der Waals surface area (Å²) < 4.78 is 25.0. The highest BCUT2D eigenvalue weighted by molar-refractivity contribution is 7.91. The lowest BCUT2D eigenvalue weighted by Gasteiger charge is -2.06. The summed E-state index contributed by atoms with van der Waals surface area (Å²) in [5, 5.41) is 7.27. The molecule has 0 atom stereocenters. The Morgan fingerprint density at radius 1 is 1.41 bits per heavy atom. The van der Waals surface area contributed by atoms with Crippen molar-refractivity contribution in [3.63, 3.8) is 0 Å². The van der Waals surface area contributed by atoms with E-state index in [1.807, 2.05) is 20.9 Å². The predicted octanol–water partition coefficient (Wildman–Crippen LogP) is 0.736. The SMILES string of the molecule is CCCS(=O)(=O)CCn1ncc(CNC)c1C. The second kappa shape index (κ2) is 6.16. The highest BCUT2D eigenvalue weighted by atomic mass is 32.2. The first-order chi connectivity index (χ1) is 8.00. The van der Waals surface area contributed by atoms with Crippen LogP contribution in [0.3, 0.4) is 0 Å². The topological polar surface area (TPSA) is 64.0 Å². The number of aryl methyl sites for hydroxylation is 1. The zero-order valence-corrected chi connectivity index (χ0v) is 11.5. The van der Waals surface area contributed by atoms with E-state index in [2.05, 4.69) is 10.4 Å². The summed E-state index contributed by atoms with van der Waals surface area (Å²) in [6.07, 6.45) is 2.46. The fourth-order valence-electron chi connectivity index (χ4n) is 1.71. The van der Waals surface area contributed by atoms with Gasteiger partial charge in [0.2, 0.25) is 0 Å². The first-order valence-electron chi connectivity index (χ1n) is 5.86. The van der Waals surface area contributed by atoms with Crippen LogP contribution in [0.1, 0.15) is 24.6 Å². The van der Waals surface area contributed by atoms with Crippen molar-refractivity contribution in [1.82, 2.24) is 15.1 Å². The van der Waals surface area contributed by atoms with Gasteiger partial charge >= 0.3 is 0 Å². The van der Waals surface area contributed by atoms with E-state index < -0.39 is 9.84 Å². The Morgan fingerprint density at radius 3 is 2.71 bits per heavy atom. The first-order valence-corrected chi connectivity index (χ1v) is 7.68. The van der Waals surface area contributed by atoms with Crippen LogP contribution >= 0.6 is 0 Å². The Hall–Kier alpha value is -0.880. The number of nitrogens with zero attached hydrogens (tertiary/aromatic N) is 2. The molecule has 0 unspecified atom stereocenters. The Balaban J connectivity index is 2.64. The number of nitrogens with one attached hydrogen (secondary N) is 1. The van der Waals surface area contributed by atoms with Crippen LogP contribution in [0.15, 0.2) is 6.20 Å². The monoisotopic (exact) mass is 259 g/mol. The molecule has 0 spiro atoms. The maximum Gasteiger partial charge on any atom is 0.152 e. The minimum Gasteiger partial charge on any atom is -0.316 e. The molecule has 1 N–H and O–H groups in total. The van der Waals surface area contributed by atoms with Crippen LogP contribution in [-0.2, 0) is 22.9 Å². The van der Waals surface area contributed by atoms with Crippen LogP contribution in [0, 0.1) is 6.92 Å². The molecule has 98 valence electrons. The van der Waals surface area contributed by atoms with Gasteiger partial charge in [0.05, 0.1) is 18.5 Å². The molecule has 0 fully saturated rings. The fourth-order valence-corrected chi connectivity index (χ4v) is 2.99. The standard InChI is InChI=1S/C11H21N3O2S/c1-4-6-17(15,16)7-5-14-10(2)11(8-12-3)9-13-14/h9,12H,4-8H2,1-3H3.